The molecular formula is C20H25N3O. The van der Waals surface area contributed by atoms with Crippen LogP contribution in [0.5, 0.6) is 0 Å². The first-order chi connectivity index (χ1) is 11.7. The second-order valence-electron chi connectivity index (χ2n) is 7.35. The number of hydrogen-bond acceptors (Lipinski definition) is 3. The summed E-state index contributed by atoms with van der Waals surface area (Å²) >= 11 is 0. The zero-order valence-electron chi connectivity index (χ0n) is 14.5. The molecule has 1 aromatic heterocycles. The van der Waals surface area contributed by atoms with Crippen molar-refractivity contribution in [3.8, 4) is 0 Å². The second-order valence-corrected chi connectivity index (χ2v) is 7.35. The van der Waals surface area contributed by atoms with Gasteiger partial charge >= 0.3 is 0 Å². The molecule has 1 N–H and O–H groups in total. The van der Waals surface area contributed by atoms with Crippen molar-refractivity contribution in [2.24, 2.45) is 5.92 Å². The minimum absolute atomic E-state index is 0.175. The number of pyridine rings is 1. The summed E-state index contributed by atoms with van der Waals surface area (Å²) in [7, 11) is 1.98. The molecule has 1 saturated heterocycles. The van der Waals surface area contributed by atoms with Crippen LogP contribution in [0.4, 0.5) is 0 Å². The lowest BCUT2D eigenvalue weighted by atomic mass is 10.0. The molecule has 4 heteroatoms. The number of fused-ring (bicyclic) bond motifs is 1. The highest BCUT2D eigenvalue weighted by atomic mass is 16.2. The quantitative estimate of drug-likeness (QED) is 0.940. The van der Waals surface area contributed by atoms with Gasteiger partial charge in [0.15, 0.2) is 0 Å². The van der Waals surface area contributed by atoms with Crippen LogP contribution >= 0.6 is 0 Å². The van der Waals surface area contributed by atoms with Gasteiger partial charge in [0.25, 0.3) is 5.91 Å². The van der Waals surface area contributed by atoms with Crippen molar-refractivity contribution in [3.05, 3.63) is 41.1 Å². The fraction of sp³-hybridized carbons (Fsp3) is 0.500. The fourth-order valence-electron chi connectivity index (χ4n) is 3.77. The maximum Gasteiger partial charge on any atom is 0.254 e. The van der Waals surface area contributed by atoms with Crippen molar-refractivity contribution < 1.29 is 4.79 Å². The fourth-order valence-corrected chi connectivity index (χ4v) is 3.77. The Hall–Kier alpha value is -1.94. The Morgan fingerprint density at radius 2 is 2.12 bits per heavy atom. The minimum atomic E-state index is 0.175. The molecule has 1 saturated carbocycles. The van der Waals surface area contributed by atoms with Crippen molar-refractivity contribution in [1.82, 2.24) is 15.2 Å². The minimum Gasteiger partial charge on any atom is -0.338 e. The summed E-state index contributed by atoms with van der Waals surface area (Å²) in [6.07, 6.45) is 3.49. The Kier molecular flexibility index (Phi) is 4.01. The monoisotopic (exact) mass is 323 g/mol. The van der Waals surface area contributed by atoms with Crippen LogP contribution < -0.4 is 5.32 Å². The highest BCUT2D eigenvalue weighted by molar-refractivity contribution is 6.06. The van der Waals surface area contributed by atoms with Crippen molar-refractivity contribution in [2.75, 3.05) is 26.7 Å². The zero-order chi connectivity index (χ0) is 16.7. The molecule has 0 radical (unpaired) electrons. The van der Waals surface area contributed by atoms with Crippen LogP contribution in [0.15, 0.2) is 24.3 Å². The summed E-state index contributed by atoms with van der Waals surface area (Å²) in [5.41, 5.74) is 4.07. The first-order valence-corrected chi connectivity index (χ1v) is 9.01. The lowest BCUT2D eigenvalue weighted by molar-refractivity contribution is 0.0789. The average Bonchev–Trinajstić information content (AvgIpc) is 3.33. The first-order valence-electron chi connectivity index (χ1n) is 9.01. The molecule has 2 aromatic rings. The van der Waals surface area contributed by atoms with Gasteiger partial charge in [-0.15, -0.1) is 0 Å². The predicted molar refractivity (Wildman–Crippen MR) is 96.4 cm³/mol. The largest absolute Gasteiger partial charge is 0.338 e. The van der Waals surface area contributed by atoms with E-state index in [1.807, 2.05) is 11.9 Å². The number of aromatic nitrogens is 1. The molecule has 1 unspecified atom stereocenters. The molecule has 4 rings (SSSR count). The van der Waals surface area contributed by atoms with Crippen LogP contribution in [-0.2, 0) is 0 Å². The van der Waals surface area contributed by atoms with Gasteiger partial charge in [0.1, 0.15) is 0 Å². The summed E-state index contributed by atoms with van der Waals surface area (Å²) in [5.74, 6) is 1.29. The summed E-state index contributed by atoms with van der Waals surface area (Å²) in [6.45, 7) is 4.77. The van der Waals surface area contributed by atoms with Gasteiger partial charge in [0, 0.05) is 30.1 Å². The molecule has 2 fully saturated rings. The van der Waals surface area contributed by atoms with Crippen LogP contribution in [0.3, 0.4) is 0 Å². The maximum absolute atomic E-state index is 13.2. The van der Waals surface area contributed by atoms with Gasteiger partial charge < -0.3 is 10.2 Å². The second kappa shape index (κ2) is 6.17. The average molecular weight is 323 g/mol. The van der Waals surface area contributed by atoms with E-state index in [-0.39, 0.29) is 5.91 Å². The van der Waals surface area contributed by atoms with Crippen molar-refractivity contribution >= 4 is 16.8 Å². The number of amides is 1. The van der Waals surface area contributed by atoms with E-state index >= 15 is 0 Å². The van der Waals surface area contributed by atoms with E-state index in [1.54, 1.807) is 0 Å². The number of carbonyl (C=O) groups is 1. The van der Waals surface area contributed by atoms with E-state index in [4.69, 9.17) is 4.98 Å². The summed E-state index contributed by atoms with van der Waals surface area (Å²) in [4.78, 5) is 20.0. The number of nitrogens with one attached hydrogen (secondary N) is 1. The Labute approximate surface area is 143 Å². The van der Waals surface area contributed by atoms with Crippen LogP contribution in [0.2, 0.25) is 0 Å². The molecule has 126 valence electrons. The number of carbonyl (C=O) groups excluding carboxylic acids is 1. The first kappa shape index (κ1) is 15.6. The van der Waals surface area contributed by atoms with Gasteiger partial charge in [-0.2, -0.15) is 0 Å². The number of benzene rings is 1. The van der Waals surface area contributed by atoms with Crippen LogP contribution in [0, 0.1) is 12.8 Å². The third-order valence-corrected chi connectivity index (χ3v) is 5.28. The number of likely N-dealkylation sites (tertiary alicyclic amines) is 1. The van der Waals surface area contributed by atoms with Crippen LogP contribution in [-0.4, -0.2) is 42.5 Å². The maximum atomic E-state index is 13.2. The molecule has 1 aliphatic heterocycles. The normalized spacial score (nSPS) is 20.8. The lowest BCUT2D eigenvalue weighted by Gasteiger charge is -2.18. The van der Waals surface area contributed by atoms with Gasteiger partial charge in [-0.25, -0.2) is 0 Å². The molecule has 1 amide bonds. The summed E-state index contributed by atoms with van der Waals surface area (Å²) in [6, 6.07) is 8.31. The van der Waals surface area contributed by atoms with Crippen LogP contribution in [0.1, 0.15) is 46.8 Å². The van der Waals surface area contributed by atoms with Gasteiger partial charge in [-0.3, -0.25) is 9.78 Å². The highest BCUT2D eigenvalue weighted by Gasteiger charge is 2.30. The highest BCUT2D eigenvalue weighted by Crippen LogP contribution is 2.40. The van der Waals surface area contributed by atoms with Crippen LogP contribution in [0.25, 0.3) is 10.9 Å². The number of hydrogen-bond donors (Lipinski definition) is 1. The molecule has 0 spiro atoms. The number of rotatable bonds is 4. The van der Waals surface area contributed by atoms with E-state index in [2.05, 4.69) is 36.5 Å². The standard InChI is InChI=1S/C20H25N3O/c1-13-3-6-18-16(9-13)17(10-19(22-18)15-4-5-15)20(24)23-8-7-14(12-23)11-21-2/h3,6,9-10,14-15,21H,4-5,7-8,11-12H2,1-2H3. The zero-order valence-corrected chi connectivity index (χ0v) is 14.5. The molecule has 4 nitrogen and oxygen atoms in total. The Morgan fingerprint density at radius 1 is 1.29 bits per heavy atom. The number of aryl methyl sites for hydroxylation is 1. The Bertz CT molecular complexity index is 782. The third-order valence-electron chi connectivity index (χ3n) is 5.28. The van der Waals surface area contributed by atoms with Gasteiger partial charge in [-0.1, -0.05) is 11.6 Å². The molecule has 24 heavy (non-hydrogen) atoms. The molecule has 1 aromatic carbocycles. The van der Waals surface area contributed by atoms with E-state index in [0.717, 1.165) is 48.2 Å². The van der Waals surface area contributed by atoms with Crippen molar-refractivity contribution in [1.29, 1.82) is 0 Å². The molecule has 2 heterocycles. The van der Waals surface area contributed by atoms with E-state index < -0.39 is 0 Å². The van der Waals surface area contributed by atoms with E-state index in [0.29, 0.717) is 11.8 Å². The summed E-state index contributed by atoms with van der Waals surface area (Å²) < 4.78 is 0. The summed E-state index contributed by atoms with van der Waals surface area (Å²) in [5, 5.41) is 4.23. The van der Waals surface area contributed by atoms with E-state index in [1.165, 1.54) is 18.4 Å². The Balaban J connectivity index is 1.71. The lowest BCUT2D eigenvalue weighted by Crippen LogP contribution is -2.30. The van der Waals surface area contributed by atoms with Gasteiger partial charge in [-0.05, 0) is 63.9 Å². The third kappa shape index (κ3) is 2.91. The van der Waals surface area contributed by atoms with Crippen molar-refractivity contribution in [2.45, 2.75) is 32.1 Å². The molecule has 1 aliphatic carbocycles. The molecule has 0 bridgehead atoms. The SMILES string of the molecule is CNCC1CCN(C(=O)c2cc(C3CC3)nc3ccc(C)cc23)C1. The van der Waals surface area contributed by atoms with Gasteiger partial charge in [0.2, 0.25) is 0 Å². The number of nitrogens with zero attached hydrogens (tertiary/aromatic N) is 2. The van der Waals surface area contributed by atoms with Gasteiger partial charge in [0.05, 0.1) is 11.1 Å². The molecule has 2 aliphatic rings. The molecular weight excluding hydrogens is 298 g/mol. The smallest absolute Gasteiger partial charge is 0.254 e. The van der Waals surface area contributed by atoms with E-state index in [9.17, 15) is 4.79 Å². The topological polar surface area (TPSA) is 45.2 Å². The molecule has 1 atom stereocenters. The predicted octanol–water partition coefficient (Wildman–Crippen LogP) is 3.10. The Morgan fingerprint density at radius 3 is 2.88 bits per heavy atom. The van der Waals surface area contributed by atoms with Crippen molar-refractivity contribution in [3.63, 3.8) is 0 Å².